The van der Waals surface area contributed by atoms with E-state index in [1.54, 1.807) is 30.3 Å². The van der Waals surface area contributed by atoms with Gasteiger partial charge in [0, 0.05) is 22.5 Å². The molecule has 0 saturated carbocycles. The van der Waals surface area contributed by atoms with Crippen LogP contribution < -0.4 is 4.72 Å². The van der Waals surface area contributed by atoms with Crippen LogP contribution in [0.2, 0.25) is 36.3 Å². The number of hydrogen-bond acceptors (Lipinski definition) is 12. The van der Waals surface area contributed by atoms with Gasteiger partial charge in [-0.25, -0.2) is 13.1 Å². The van der Waals surface area contributed by atoms with Crippen molar-refractivity contribution in [2.24, 2.45) is 5.11 Å². The van der Waals surface area contributed by atoms with Crippen LogP contribution in [0, 0.1) is 0 Å². The number of benzene rings is 2. The summed E-state index contributed by atoms with van der Waals surface area (Å²) in [5, 5.41) is 34.6. The second-order valence-electron chi connectivity index (χ2n) is 16.4. The Morgan fingerprint density at radius 3 is 2.00 bits per heavy atom. The highest BCUT2D eigenvalue weighted by molar-refractivity contribution is 7.89. The number of nitrogens with zero attached hydrogens (tertiary/aromatic N) is 3. The number of aliphatic hydroxyl groups excluding tert-OH is 3. The average molecular weight is 785 g/mol. The molecule has 2 saturated heterocycles. The first-order chi connectivity index (χ1) is 24.0. The van der Waals surface area contributed by atoms with Gasteiger partial charge in [-0.2, -0.15) is 0 Å². The summed E-state index contributed by atoms with van der Waals surface area (Å²) in [6.45, 7) is 20.4. The van der Waals surface area contributed by atoms with Gasteiger partial charge in [0.05, 0.1) is 24.7 Å². The fourth-order valence-electron chi connectivity index (χ4n) is 5.52. The van der Waals surface area contributed by atoms with Crippen molar-refractivity contribution >= 4 is 43.1 Å². The molecule has 0 bridgehead atoms. The first-order valence-corrected chi connectivity index (χ1v) is 24.8. The number of rotatable bonds is 15. The van der Waals surface area contributed by atoms with E-state index in [9.17, 15) is 23.7 Å². The number of ether oxygens (including phenoxy) is 4. The summed E-state index contributed by atoms with van der Waals surface area (Å²) in [5.74, 6) is 0. The van der Waals surface area contributed by atoms with E-state index in [2.05, 4.69) is 82.5 Å². The third-order valence-corrected chi connectivity index (χ3v) is 21.1. The quantitative estimate of drug-likeness (QED) is 0.0618. The van der Waals surface area contributed by atoms with Crippen molar-refractivity contribution in [1.82, 2.24) is 4.72 Å². The zero-order valence-corrected chi connectivity index (χ0v) is 34.6. The molecule has 0 aliphatic carbocycles. The number of aliphatic hydroxyl groups is 3. The average Bonchev–Trinajstić information content (AvgIpc) is 3.50. The second kappa shape index (κ2) is 16.4. The van der Waals surface area contributed by atoms with Gasteiger partial charge in [-0.3, -0.25) is 0 Å². The Morgan fingerprint density at radius 1 is 0.846 bits per heavy atom. The lowest BCUT2D eigenvalue weighted by Crippen LogP contribution is -2.55. The van der Waals surface area contributed by atoms with Crippen molar-refractivity contribution in [1.29, 1.82) is 0 Å². The van der Waals surface area contributed by atoms with E-state index in [0.717, 1.165) is 0 Å². The molecule has 15 nitrogen and oxygen atoms in total. The van der Waals surface area contributed by atoms with Crippen LogP contribution in [0.3, 0.4) is 0 Å². The zero-order valence-electron chi connectivity index (χ0n) is 31.8. The van der Waals surface area contributed by atoms with Crippen LogP contribution in [0.15, 0.2) is 46.4 Å². The molecule has 292 valence electrons. The molecule has 0 spiro atoms. The first kappa shape index (κ1) is 42.7. The lowest BCUT2D eigenvalue weighted by molar-refractivity contribution is -0.204. The Bertz CT molecular complexity index is 1700. The van der Waals surface area contributed by atoms with Crippen molar-refractivity contribution in [3.8, 4) is 0 Å². The number of sulfonamides is 1. The molecule has 0 amide bonds. The fraction of sp³-hybridized carbons (Fsp3) is 0.706. The third kappa shape index (κ3) is 9.43. The van der Waals surface area contributed by atoms with E-state index in [-0.39, 0.29) is 34.7 Å². The summed E-state index contributed by atoms with van der Waals surface area (Å²) in [4.78, 5) is 2.88. The summed E-state index contributed by atoms with van der Waals surface area (Å²) in [6, 6.07) is 9.65. The van der Waals surface area contributed by atoms with Gasteiger partial charge < -0.3 is 43.1 Å². The van der Waals surface area contributed by atoms with Gasteiger partial charge in [-0.05, 0) is 53.2 Å². The van der Waals surface area contributed by atoms with E-state index in [1.807, 2.05) is 0 Å². The Balaban J connectivity index is 1.58. The molecule has 2 aliphatic heterocycles. The smallest absolute Gasteiger partial charge is 0.241 e. The Labute approximate surface area is 308 Å². The predicted octanol–water partition coefficient (Wildman–Crippen LogP) is 5.04. The third-order valence-electron chi connectivity index (χ3n) is 10.6. The molecule has 8 atom stereocenters. The minimum Gasteiger partial charge on any atom is -0.408 e. The van der Waals surface area contributed by atoms with E-state index < -0.39 is 82.5 Å². The van der Waals surface area contributed by atoms with Crippen molar-refractivity contribution in [2.75, 3.05) is 26.4 Å². The predicted molar refractivity (Wildman–Crippen MR) is 200 cm³/mol. The maximum atomic E-state index is 13.5. The van der Waals surface area contributed by atoms with E-state index in [4.69, 9.17) is 33.3 Å². The summed E-state index contributed by atoms with van der Waals surface area (Å²) < 4.78 is 67.8. The zero-order chi connectivity index (χ0) is 38.9. The van der Waals surface area contributed by atoms with E-state index >= 15 is 0 Å². The summed E-state index contributed by atoms with van der Waals surface area (Å²) in [5.41, 5.74) is 9.27. The minimum absolute atomic E-state index is 0.0289. The Hall–Kier alpha value is -2.01. The summed E-state index contributed by atoms with van der Waals surface area (Å²) in [7, 11) is -8.96. The standard InChI is InChI=1S/C34H56N4O11SSi2/c1-33(2,3)51(7,8)48-29-25(20-45-31-28(41)27(40)24(19-39)46-31)47-32(30(29)49-52(9,10)34(4,5)6)44-18-17-36-50(42,43)26-16-12-13-21-22(26)14-11-15-23(21)37-38-35/h11-16,24-25,27-32,36,39-41H,17-20H2,1-10H3/t24-,25-,27-,28+,29-,30+,31+,32+/m1/s1. The summed E-state index contributed by atoms with van der Waals surface area (Å²) in [6.07, 6.45) is -8.04. The van der Waals surface area contributed by atoms with Crippen molar-refractivity contribution < 1.29 is 51.5 Å². The number of azide groups is 1. The second-order valence-corrected chi connectivity index (χ2v) is 27.6. The molecule has 2 fully saturated rings. The fourth-order valence-corrected chi connectivity index (χ4v) is 9.35. The first-order valence-electron chi connectivity index (χ1n) is 17.5. The number of hydrogen-bond donors (Lipinski definition) is 4. The number of nitrogens with one attached hydrogen (secondary N) is 1. The van der Waals surface area contributed by atoms with Crippen LogP contribution in [-0.4, -0.2) is 116 Å². The lowest BCUT2D eigenvalue weighted by atomic mass is 10.1. The van der Waals surface area contributed by atoms with Gasteiger partial charge in [0.15, 0.2) is 29.2 Å². The molecule has 0 radical (unpaired) electrons. The van der Waals surface area contributed by atoms with E-state index in [0.29, 0.717) is 16.5 Å². The van der Waals surface area contributed by atoms with Crippen LogP contribution >= 0.6 is 0 Å². The largest absolute Gasteiger partial charge is 0.408 e. The highest BCUT2D eigenvalue weighted by Crippen LogP contribution is 2.44. The van der Waals surface area contributed by atoms with Gasteiger partial charge in [0.25, 0.3) is 0 Å². The van der Waals surface area contributed by atoms with Gasteiger partial charge in [-0.15, -0.1) is 0 Å². The minimum atomic E-state index is -4.02. The molecule has 2 aromatic carbocycles. The maximum Gasteiger partial charge on any atom is 0.241 e. The molecular weight excluding hydrogens is 729 g/mol. The van der Waals surface area contributed by atoms with Crippen LogP contribution in [0.4, 0.5) is 5.69 Å². The Kier molecular flexibility index (Phi) is 13.5. The van der Waals surface area contributed by atoms with Gasteiger partial charge in [0.1, 0.15) is 36.6 Å². The monoisotopic (exact) mass is 784 g/mol. The van der Waals surface area contributed by atoms with Gasteiger partial charge in [0.2, 0.25) is 10.0 Å². The van der Waals surface area contributed by atoms with Gasteiger partial charge in [-0.1, -0.05) is 77.0 Å². The molecule has 4 N–H and O–H groups in total. The molecule has 2 aromatic rings. The maximum absolute atomic E-state index is 13.5. The Morgan fingerprint density at radius 2 is 1.42 bits per heavy atom. The molecule has 2 aliphatic rings. The highest BCUT2D eigenvalue weighted by atomic mass is 32.2. The van der Waals surface area contributed by atoms with Gasteiger partial charge >= 0.3 is 0 Å². The van der Waals surface area contributed by atoms with Crippen molar-refractivity contribution in [3.63, 3.8) is 0 Å². The molecule has 4 rings (SSSR count). The normalized spacial score (nSPS) is 27.6. The number of fused-ring (bicyclic) bond motifs is 1. The van der Waals surface area contributed by atoms with Crippen LogP contribution in [-0.2, 0) is 37.8 Å². The van der Waals surface area contributed by atoms with Crippen molar-refractivity contribution in [2.45, 2.75) is 132 Å². The van der Waals surface area contributed by atoms with Crippen LogP contribution in [0.5, 0.6) is 0 Å². The molecule has 18 heteroatoms. The molecule has 0 aromatic heterocycles. The molecule has 2 heterocycles. The highest BCUT2D eigenvalue weighted by Gasteiger charge is 2.55. The van der Waals surface area contributed by atoms with Crippen LogP contribution in [0.1, 0.15) is 41.5 Å². The molecular formula is C34H56N4O11SSi2. The SMILES string of the molecule is CC(C)(C)[Si](C)(C)O[C@@H]1[C@@H](OCCNS(=O)(=O)c2cccc3c(N=[N+]=[N-])cccc23)O[C@H](CO[C@H]2O[C@H](CO)[C@@H](O)[C@@H]2O)[C@H]1O[Si](C)(C)C(C)(C)C. The van der Waals surface area contributed by atoms with Crippen LogP contribution in [0.25, 0.3) is 21.2 Å². The lowest BCUT2D eigenvalue weighted by Gasteiger charge is -2.44. The topological polar surface area (TPSA) is 211 Å². The molecule has 52 heavy (non-hydrogen) atoms. The van der Waals surface area contributed by atoms with Crippen molar-refractivity contribution in [3.05, 3.63) is 46.8 Å². The summed E-state index contributed by atoms with van der Waals surface area (Å²) >= 11 is 0. The van der Waals surface area contributed by atoms with E-state index in [1.165, 1.54) is 6.07 Å². The molecule has 0 unspecified atom stereocenters.